The number of aryl methyl sites for hydroxylation is 1. The van der Waals surface area contributed by atoms with Crippen LogP contribution >= 0.6 is 0 Å². The molecule has 0 saturated carbocycles. The van der Waals surface area contributed by atoms with Crippen LogP contribution in [0.2, 0.25) is 0 Å². The van der Waals surface area contributed by atoms with Crippen LogP contribution in [-0.4, -0.2) is 9.44 Å². The summed E-state index contributed by atoms with van der Waals surface area (Å²) in [4.78, 5) is 10.6. The number of nitro groups is 1. The van der Waals surface area contributed by atoms with Gasteiger partial charge in [0.05, 0.1) is 4.92 Å². The molecule has 0 N–H and O–H groups in total. The van der Waals surface area contributed by atoms with Gasteiger partial charge in [-0.15, -0.1) is 9.20 Å². The van der Waals surface area contributed by atoms with Gasteiger partial charge in [0.15, 0.2) is 7.05 Å². The Labute approximate surface area is 166 Å². The van der Waals surface area contributed by atoms with E-state index < -0.39 is 0 Å². The van der Waals surface area contributed by atoms with Gasteiger partial charge < -0.3 is 0 Å². The molecule has 0 atom stereocenters. The maximum absolute atomic E-state index is 10.9. The van der Waals surface area contributed by atoms with Crippen molar-refractivity contribution in [1.29, 1.82) is 0 Å². The number of benzene rings is 3. The maximum Gasteiger partial charge on any atom is 0.269 e. The fraction of sp³-hybridized carbons (Fsp3) is 0.0417. The molecule has 0 aliphatic carbocycles. The van der Waals surface area contributed by atoms with Crippen molar-refractivity contribution >= 4 is 28.2 Å². The van der Waals surface area contributed by atoms with Crippen molar-refractivity contribution in [1.82, 2.24) is 4.52 Å². The lowest BCUT2D eigenvalue weighted by Gasteiger charge is -1.96. The third-order valence-corrected chi connectivity index (χ3v) is 5.33. The Kier molecular flexibility index (Phi) is 3.88. The van der Waals surface area contributed by atoms with Crippen LogP contribution in [0.25, 0.3) is 33.8 Å². The topological polar surface area (TPSA) is 51.4 Å². The van der Waals surface area contributed by atoms with Crippen LogP contribution in [0.15, 0.2) is 84.9 Å². The molecule has 140 valence electrons. The van der Waals surface area contributed by atoms with Gasteiger partial charge in [0.2, 0.25) is 5.69 Å². The van der Waals surface area contributed by atoms with Crippen LogP contribution in [0.5, 0.6) is 0 Å². The average Bonchev–Trinajstić information content (AvgIpc) is 3.25. The van der Waals surface area contributed by atoms with Crippen LogP contribution in [0.1, 0.15) is 5.56 Å². The molecule has 0 unspecified atom stereocenters. The SMILES string of the molecule is C[n+]1c(-c2ccccc2)cc2c(=Cc3ccc([N+](=O)[O-])cc3)c3ccccc3n21. The monoisotopic (exact) mass is 380 g/mol. The van der Waals surface area contributed by atoms with Gasteiger partial charge in [-0.2, -0.15) is 0 Å². The predicted molar refractivity (Wildman–Crippen MR) is 113 cm³/mol. The molecule has 5 nitrogen and oxygen atoms in total. The molecule has 5 aromatic rings. The van der Waals surface area contributed by atoms with Gasteiger partial charge in [-0.05, 0) is 42.0 Å². The van der Waals surface area contributed by atoms with Gasteiger partial charge in [0, 0.05) is 34.4 Å². The maximum atomic E-state index is 10.9. The minimum atomic E-state index is -0.376. The van der Waals surface area contributed by atoms with E-state index in [0.29, 0.717) is 0 Å². The van der Waals surface area contributed by atoms with E-state index in [1.807, 2.05) is 30.3 Å². The van der Waals surface area contributed by atoms with E-state index in [-0.39, 0.29) is 10.6 Å². The zero-order valence-electron chi connectivity index (χ0n) is 15.8. The third-order valence-electron chi connectivity index (χ3n) is 5.33. The number of para-hydroxylation sites is 1. The molecular weight excluding hydrogens is 362 g/mol. The van der Waals surface area contributed by atoms with Crippen molar-refractivity contribution in [3.63, 3.8) is 0 Å². The van der Waals surface area contributed by atoms with Crippen LogP contribution in [0.3, 0.4) is 0 Å². The van der Waals surface area contributed by atoms with Gasteiger partial charge in [0.1, 0.15) is 11.0 Å². The molecule has 5 rings (SSSR count). The minimum Gasteiger partial charge on any atom is -0.258 e. The lowest BCUT2D eigenvalue weighted by molar-refractivity contribution is -0.725. The molecule has 0 saturated heterocycles. The number of aromatic nitrogens is 2. The standard InChI is InChI=1S/C24H18N3O2/c1-25-23(18-7-3-2-4-8-18)16-24-21(20-9-5-6-10-22(20)26(24)25)15-17-11-13-19(14-12-17)27(28)29/h2-16H,1H3/q+1. The second-order valence-corrected chi connectivity index (χ2v) is 7.04. The molecule has 0 aliphatic rings. The number of fused-ring (bicyclic) bond motifs is 3. The lowest BCUT2D eigenvalue weighted by Crippen LogP contribution is -2.36. The Bertz CT molecular complexity index is 1420. The number of nitro benzene ring substituents is 1. The van der Waals surface area contributed by atoms with Crippen molar-refractivity contribution in [2.75, 3.05) is 0 Å². The van der Waals surface area contributed by atoms with E-state index in [4.69, 9.17) is 0 Å². The molecule has 5 heteroatoms. The van der Waals surface area contributed by atoms with E-state index in [1.54, 1.807) is 24.3 Å². The normalized spacial score (nSPS) is 12.1. The molecule has 0 amide bonds. The fourth-order valence-corrected chi connectivity index (χ4v) is 3.95. The zero-order valence-corrected chi connectivity index (χ0v) is 15.8. The predicted octanol–water partition coefficient (Wildman–Crippen LogP) is 4.04. The summed E-state index contributed by atoms with van der Waals surface area (Å²) >= 11 is 0. The quantitative estimate of drug-likeness (QED) is 0.269. The van der Waals surface area contributed by atoms with Gasteiger partial charge in [-0.1, -0.05) is 36.4 Å². The summed E-state index contributed by atoms with van der Waals surface area (Å²) in [5.41, 5.74) is 5.54. The molecule has 3 aromatic carbocycles. The molecule has 2 aromatic heterocycles. The summed E-state index contributed by atoms with van der Waals surface area (Å²) in [6, 6.07) is 27.5. The lowest BCUT2D eigenvalue weighted by atomic mass is 10.1. The van der Waals surface area contributed by atoms with Crippen LogP contribution in [0.4, 0.5) is 5.69 Å². The molecule has 0 aliphatic heterocycles. The molecule has 0 bridgehead atoms. The van der Waals surface area contributed by atoms with Crippen LogP contribution in [0, 0.1) is 10.1 Å². The Balaban J connectivity index is 1.80. The number of nitrogens with zero attached hydrogens (tertiary/aromatic N) is 3. The van der Waals surface area contributed by atoms with Crippen LogP contribution < -0.4 is 9.90 Å². The number of hydrogen-bond donors (Lipinski definition) is 0. The van der Waals surface area contributed by atoms with E-state index >= 15 is 0 Å². The highest BCUT2D eigenvalue weighted by molar-refractivity contribution is 5.90. The first-order valence-electron chi connectivity index (χ1n) is 9.37. The van der Waals surface area contributed by atoms with Crippen molar-refractivity contribution in [2.45, 2.75) is 0 Å². The highest BCUT2D eigenvalue weighted by Gasteiger charge is 2.21. The summed E-state index contributed by atoms with van der Waals surface area (Å²) in [6.45, 7) is 0. The van der Waals surface area contributed by atoms with Crippen molar-refractivity contribution in [2.24, 2.45) is 7.05 Å². The number of hydrogen-bond acceptors (Lipinski definition) is 2. The molecular formula is C24H18N3O2+. The summed E-state index contributed by atoms with van der Waals surface area (Å²) in [5, 5.41) is 13.2. The van der Waals surface area contributed by atoms with E-state index in [0.717, 1.165) is 38.5 Å². The fourth-order valence-electron chi connectivity index (χ4n) is 3.95. The largest absolute Gasteiger partial charge is 0.269 e. The third kappa shape index (κ3) is 2.75. The minimum absolute atomic E-state index is 0.0973. The second kappa shape index (κ2) is 6.56. The van der Waals surface area contributed by atoms with Gasteiger partial charge in [-0.3, -0.25) is 10.1 Å². The van der Waals surface area contributed by atoms with Gasteiger partial charge in [-0.25, -0.2) is 0 Å². The average molecular weight is 380 g/mol. The highest BCUT2D eigenvalue weighted by atomic mass is 16.6. The van der Waals surface area contributed by atoms with Crippen LogP contribution in [-0.2, 0) is 7.05 Å². The number of non-ortho nitro benzene ring substituents is 1. The summed E-state index contributed by atoms with van der Waals surface area (Å²) < 4.78 is 4.38. The first-order valence-corrected chi connectivity index (χ1v) is 9.37. The Morgan fingerprint density at radius 2 is 1.59 bits per heavy atom. The summed E-state index contributed by atoms with van der Waals surface area (Å²) in [5.74, 6) is 0. The first kappa shape index (κ1) is 17.1. The van der Waals surface area contributed by atoms with Gasteiger partial charge >= 0.3 is 0 Å². The van der Waals surface area contributed by atoms with E-state index in [9.17, 15) is 10.1 Å². The molecule has 2 heterocycles. The Morgan fingerprint density at radius 3 is 2.31 bits per heavy atom. The molecule has 0 radical (unpaired) electrons. The smallest absolute Gasteiger partial charge is 0.258 e. The zero-order chi connectivity index (χ0) is 20.0. The van der Waals surface area contributed by atoms with E-state index in [2.05, 4.69) is 52.7 Å². The molecule has 0 fully saturated rings. The van der Waals surface area contributed by atoms with Crippen molar-refractivity contribution in [3.05, 3.63) is 106 Å². The highest BCUT2D eigenvalue weighted by Crippen LogP contribution is 2.21. The second-order valence-electron chi connectivity index (χ2n) is 7.04. The molecule has 29 heavy (non-hydrogen) atoms. The van der Waals surface area contributed by atoms with Gasteiger partial charge in [0.25, 0.3) is 5.69 Å². The Hall–Kier alpha value is -3.99. The van der Waals surface area contributed by atoms with Crippen molar-refractivity contribution in [3.8, 4) is 11.3 Å². The molecule has 0 spiro atoms. The van der Waals surface area contributed by atoms with Crippen molar-refractivity contribution < 1.29 is 9.61 Å². The summed E-state index contributed by atoms with van der Waals surface area (Å²) in [7, 11) is 2.07. The Morgan fingerprint density at radius 1 is 0.897 bits per heavy atom. The first-order chi connectivity index (χ1) is 14.1. The van der Waals surface area contributed by atoms with E-state index in [1.165, 1.54) is 0 Å². The summed E-state index contributed by atoms with van der Waals surface area (Å²) in [6.07, 6.45) is 2.09. The number of rotatable bonds is 3.